The molecule has 2 aromatic rings. The molecule has 0 saturated carbocycles. The van der Waals surface area contributed by atoms with E-state index in [4.69, 9.17) is 9.72 Å². The molecule has 0 spiro atoms. The van der Waals surface area contributed by atoms with E-state index in [1.54, 1.807) is 4.68 Å². The van der Waals surface area contributed by atoms with E-state index in [0.29, 0.717) is 5.95 Å². The molecule has 2 unspecified atom stereocenters. The van der Waals surface area contributed by atoms with Crippen molar-refractivity contribution in [2.45, 2.75) is 64.1 Å². The van der Waals surface area contributed by atoms with Crippen LogP contribution in [0.25, 0.3) is 0 Å². The first-order valence-corrected chi connectivity index (χ1v) is 9.41. The molecule has 2 N–H and O–H groups in total. The first kappa shape index (κ1) is 15.7. The fourth-order valence-corrected chi connectivity index (χ4v) is 4.45. The Morgan fingerprint density at radius 1 is 1.27 bits per heavy atom. The van der Waals surface area contributed by atoms with Gasteiger partial charge in [-0.3, -0.25) is 4.79 Å². The summed E-state index contributed by atoms with van der Waals surface area (Å²) in [6.45, 7) is 6.19. The van der Waals surface area contributed by atoms with Gasteiger partial charge >= 0.3 is 0 Å². The Morgan fingerprint density at radius 3 is 2.92 bits per heavy atom. The molecule has 0 bridgehead atoms. The van der Waals surface area contributed by atoms with Crippen LogP contribution in [-0.4, -0.2) is 21.3 Å². The molecule has 2 atom stereocenters. The Morgan fingerprint density at radius 2 is 2.08 bits per heavy atom. The number of aromatic nitrogens is 2. The lowest BCUT2D eigenvalue weighted by Gasteiger charge is -2.48. The van der Waals surface area contributed by atoms with E-state index in [-0.39, 0.29) is 17.6 Å². The van der Waals surface area contributed by atoms with Gasteiger partial charge in [-0.15, -0.1) is 0 Å². The highest BCUT2D eigenvalue weighted by atomic mass is 16.5. The van der Waals surface area contributed by atoms with E-state index in [0.717, 1.165) is 48.3 Å². The zero-order valence-corrected chi connectivity index (χ0v) is 15.4. The van der Waals surface area contributed by atoms with Crippen molar-refractivity contribution in [3.05, 3.63) is 50.9 Å². The van der Waals surface area contributed by atoms with Gasteiger partial charge in [0.25, 0.3) is 5.56 Å². The van der Waals surface area contributed by atoms with E-state index >= 15 is 0 Å². The topological polar surface area (TPSA) is 68.2 Å². The number of fused-ring (bicyclic) bond motifs is 5. The average molecular weight is 352 g/mol. The molecule has 0 amide bonds. The summed E-state index contributed by atoms with van der Waals surface area (Å²) in [5.74, 6) is 1.51. The Balaban J connectivity index is 1.66. The van der Waals surface area contributed by atoms with Gasteiger partial charge in [-0.25, -0.2) is 4.98 Å². The molecule has 0 fully saturated rings. The molecule has 26 heavy (non-hydrogen) atoms. The van der Waals surface area contributed by atoms with Crippen molar-refractivity contribution in [1.29, 1.82) is 0 Å². The summed E-state index contributed by atoms with van der Waals surface area (Å²) in [7, 11) is 0. The van der Waals surface area contributed by atoms with Gasteiger partial charge in [0, 0.05) is 11.1 Å². The summed E-state index contributed by atoms with van der Waals surface area (Å²) in [4.78, 5) is 17.8. The van der Waals surface area contributed by atoms with Crippen LogP contribution in [0.4, 0.5) is 5.95 Å². The van der Waals surface area contributed by atoms with E-state index in [2.05, 4.69) is 49.7 Å². The molecule has 0 radical (unpaired) electrons. The van der Waals surface area contributed by atoms with E-state index in [1.807, 2.05) is 0 Å². The summed E-state index contributed by atoms with van der Waals surface area (Å²) >= 11 is 0. The van der Waals surface area contributed by atoms with Gasteiger partial charge in [0.05, 0.1) is 11.7 Å². The summed E-state index contributed by atoms with van der Waals surface area (Å²) < 4.78 is 7.89. The highest BCUT2D eigenvalue weighted by molar-refractivity contribution is 5.50. The number of benzene rings is 1. The molecule has 6 heteroatoms. The number of hydrogen-bond donors (Lipinski definition) is 2. The number of anilines is 1. The van der Waals surface area contributed by atoms with Gasteiger partial charge in [0.1, 0.15) is 17.4 Å². The lowest BCUT2D eigenvalue weighted by molar-refractivity contribution is 0.0541. The van der Waals surface area contributed by atoms with Gasteiger partial charge in [-0.2, -0.15) is 4.68 Å². The van der Waals surface area contributed by atoms with Crippen LogP contribution in [0.2, 0.25) is 0 Å². The maximum atomic E-state index is 13.0. The van der Waals surface area contributed by atoms with Gasteiger partial charge < -0.3 is 15.5 Å². The number of nitrogens with one attached hydrogen (secondary N) is 2. The Labute approximate surface area is 152 Å². The Bertz CT molecular complexity index is 963. The molecule has 0 saturated heterocycles. The third-order valence-electron chi connectivity index (χ3n) is 5.86. The van der Waals surface area contributed by atoms with Crippen molar-refractivity contribution in [1.82, 2.24) is 9.66 Å². The van der Waals surface area contributed by atoms with E-state index in [9.17, 15) is 4.79 Å². The predicted octanol–water partition coefficient (Wildman–Crippen LogP) is 2.68. The van der Waals surface area contributed by atoms with Crippen molar-refractivity contribution in [3.63, 3.8) is 0 Å². The minimum Gasteiger partial charge on any atom is -0.485 e. The van der Waals surface area contributed by atoms with Crippen LogP contribution in [0.1, 0.15) is 55.1 Å². The SMILES string of the molecule is Cc1ccc2c(c1)OC(C)(C)C1Nn3c(nc4c(c3=O)CCCC4)NC21. The van der Waals surface area contributed by atoms with Gasteiger partial charge in [0.2, 0.25) is 5.95 Å². The summed E-state index contributed by atoms with van der Waals surface area (Å²) in [6, 6.07) is 6.21. The number of hydrogen-bond acceptors (Lipinski definition) is 5. The van der Waals surface area contributed by atoms with Crippen LogP contribution in [0, 0.1) is 6.92 Å². The number of nitrogens with zero attached hydrogens (tertiary/aromatic N) is 2. The lowest BCUT2D eigenvalue weighted by Crippen LogP contribution is -2.61. The highest BCUT2D eigenvalue weighted by Crippen LogP contribution is 2.43. The normalized spacial score (nSPS) is 24.7. The number of ether oxygens (including phenoxy) is 1. The second-order valence-electron chi connectivity index (χ2n) is 8.18. The minimum atomic E-state index is -0.467. The number of aryl methyl sites for hydroxylation is 2. The first-order valence-electron chi connectivity index (χ1n) is 9.41. The maximum absolute atomic E-state index is 13.0. The molecule has 1 aromatic carbocycles. The van der Waals surface area contributed by atoms with Crippen LogP contribution in [-0.2, 0) is 12.8 Å². The molecular formula is C20H24N4O2. The lowest BCUT2D eigenvalue weighted by atomic mass is 9.84. The smallest absolute Gasteiger partial charge is 0.277 e. The van der Waals surface area contributed by atoms with Crippen LogP contribution in [0.5, 0.6) is 5.75 Å². The van der Waals surface area contributed by atoms with Gasteiger partial charge in [-0.1, -0.05) is 12.1 Å². The van der Waals surface area contributed by atoms with Gasteiger partial charge in [0.15, 0.2) is 0 Å². The molecular weight excluding hydrogens is 328 g/mol. The zero-order chi connectivity index (χ0) is 18.1. The van der Waals surface area contributed by atoms with Crippen molar-refractivity contribution in [2.75, 3.05) is 10.7 Å². The molecule has 136 valence electrons. The molecule has 3 heterocycles. The average Bonchev–Trinajstić information content (AvgIpc) is 2.60. The van der Waals surface area contributed by atoms with Crippen molar-refractivity contribution < 1.29 is 4.74 Å². The van der Waals surface area contributed by atoms with E-state index < -0.39 is 5.60 Å². The predicted molar refractivity (Wildman–Crippen MR) is 101 cm³/mol. The molecule has 1 aromatic heterocycles. The summed E-state index contributed by atoms with van der Waals surface area (Å²) in [5, 5.41) is 3.53. The zero-order valence-electron chi connectivity index (χ0n) is 15.4. The molecule has 1 aliphatic carbocycles. The van der Waals surface area contributed by atoms with Crippen molar-refractivity contribution in [2.24, 2.45) is 0 Å². The van der Waals surface area contributed by atoms with E-state index in [1.165, 1.54) is 5.56 Å². The summed E-state index contributed by atoms with van der Waals surface area (Å²) in [5.41, 5.74) is 7.07. The maximum Gasteiger partial charge on any atom is 0.277 e. The van der Waals surface area contributed by atoms with Crippen molar-refractivity contribution >= 4 is 5.95 Å². The quantitative estimate of drug-likeness (QED) is 0.763. The fourth-order valence-electron chi connectivity index (χ4n) is 4.45. The molecule has 5 rings (SSSR count). The first-order chi connectivity index (χ1) is 12.4. The fraction of sp³-hybridized carbons (Fsp3) is 0.500. The Hall–Kier alpha value is -2.50. The highest BCUT2D eigenvalue weighted by Gasteiger charge is 2.47. The van der Waals surface area contributed by atoms with Crippen LogP contribution >= 0.6 is 0 Å². The minimum absolute atomic E-state index is 0.00268. The Kier molecular flexibility index (Phi) is 3.18. The van der Waals surface area contributed by atoms with Crippen molar-refractivity contribution in [3.8, 4) is 5.75 Å². The standard InChI is InChI=1S/C20H24N4O2/c1-11-8-9-13-15(10-11)26-20(2,3)17-16(13)22-19-21-14-7-5-4-6-12(14)18(25)24(19)23-17/h8-10,16-17,23H,4-7H2,1-3H3,(H,21,22). The second kappa shape index (κ2) is 5.25. The molecule has 3 aliphatic rings. The summed E-state index contributed by atoms with van der Waals surface area (Å²) in [6.07, 6.45) is 3.87. The molecule has 6 nitrogen and oxygen atoms in total. The van der Waals surface area contributed by atoms with Crippen LogP contribution in [0.3, 0.4) is 0 Å². The van der Waals surface area contributed by atoms with Crippen LogP contribution in [0.15, 0.2) is 23.0 Å². The van der Waals surface area contributed by atoms with Gasteiger partial charge in [-0.05, 0) is 58.1 Å². The second-order valence-corrected chi connectivity index (χ2v) is 8.18. The van der Waals surface area contributed by atoms with Crippen LogP contribution < -0.4 is 21.0 Å². The molecule has 2 aliphatic heterocycles. The largest absolute Gasteiger partial charge is 0.485 e. The third-order valence-corrected chi connectivity index (χ3v) is 5.86. The third kappa shape index (κ3) is 2.17. The monoisotopic (exact) mass is 352 g/mol. The number of rotatable bonds is 0.